The van der Waals surface area contributed by atoms with Crippen molar-refractivity contribution in [1.29, 1.82) is 0 Å². The van der Waals surface area contributed by atoms with Crippen molar-refractivity contribution < 1.29 is 4.79 Å². The molecule has 0 heterocycles. The molecule has 2 aromatic carbocycles. The fourth-order valence-electron chi connectivity index (χ4n) is 2.06. The van der Waals surface area contributed by atoms with Crippen LogP contribution in [-0.2, 0) is 6.42 Å². The largest absolute Gasteiger partial charge is 0.398 e. The molecule has 0 radical (unpaired) electrons. The summed E-state index contributed by atoms with van der Waals surface area (Å²) in [5, 5.41) is 0. The summed E-state index contributed by atoms with van der Waals surface area (Å²) in [4.78, 5) is 12.4. The van der Waals surface area contributed by atoms with Gasteiger partial charge in [0, 0.05) is 21.3 Å². The number of benzene rings is 2. The van der Waals surface area contributed by atoms with E-state index in [0.717, 1.165) is 22.9 Å². The van der Waals surface area contributed by atoms with Crippen molar-refractivity contribution in [3.8, 4) is 0 Å². The molecule has 0 bridgehead atoms. The Morgan fingerprint density at radius 2 is 1.84 bits per heavy atom. The van der Waals surface area contributed by atoms with Crippen LogP contribution in [0.15, 0.2) is 46.9 Å². The Kier molecular flexibility index (Phi) is 4.38. The number of para-hydroxylation sites is 1. The van der Waals surface area contributed by atoms with Gasteiger partial charge in [-0.05, 0) is 42.3 Å². The summed E-state index contributed by atoms with van der Waals surface area (Å²) in [5.41, 5.74) is 9.01. The van der Waals surface area contributed by atoms with Gasteiger partial charge in [-0.2, -0.15) is 0 Å². The Bertz CT molecular complexity index is 590. The van der Waals surface area contributed by atoms with Gasteiger partial charge in [0.25, 0.3) is 0 Å². The fourth-order valence-corrected chi connectivity index (χ4v) is 2.32. The Balaban J connectivity index is 2.38. The maximum absolute atomic E-state index is 12.4. The van der Waals surface area contributed by atoms with Crippen LogP contribution in [0.1, 0.15) is 34.8 Å². The first-order valence-electron chi connectivity index (χ1n) is 6.31. The van der Waals surface area contributed by atoms with Gasteiger partial charge in [0.15, 0.2) is 5.78 Å². The zero-order chi connectivity index (χ0) is 13.8. The predicted octanol–water partition coefficient (Wildman–Crippen LogP) is 4.21. The summed E-state index contributed by atoms with van der Waals surface area (Å²) < 4.78 is 0.955. The standard InChI is InChI=1S/C16H16BrNO/c1-2-4-11-5-3-6-14(15(11)18)16(19)12-7-9-13(17)10-8-12/h3,5-10H,2,4,18H2,1H3. The molecule has 0 aliphatic carbocycles. The molecule has 3 heteroatoms. The van der Waals surface area contributed by atoms with Crippen molar-refractivity contribution in [3.63, 3.8) is 0 Å². The number of nitrogens with two attached hydrogens (primary N) is 1. The highest BCUT2D eigenvalue weighted by molar-refractivity contribution is 9.10. The number of anilines is 1. The van der Waals surface area contributed by atoms with E-state index in [2.05, 4.69) is 22.9 Å². The zero-order valence-corrected chi connectivity index (χ0v) is 12.4. The lowest BCUT2D eigenvalue weighted by Crippen LogP contribution is -2.07. The minimum absolute atomic E-state index is 0.0250. The molecule has 19 heavy (non-hydrogen) atoms. The molecule has 0 saturated carbocycles. The molecule has 2 nitrogen and oxygen atoms in total. The van der Waals surface area contributed by atoms with Crippen molar-refractivity contribution >= 4 is 27.4 Å². The Morgan fingerprint density at radius 1 is 1.16 bits per heavy atom. The van der Waals surface area contributed by atoms with Gasteiger partial charge in [0.1, 0.15) is 0 Å². The molecule has 0 spiro atoms. The van der Waals surface area contributed by atoms with Crippen LogP contribution in [0.2, 0.25) is 0 Å². The molecule has 0 unspecified atom stereocenters. The van der Waals surface area contributed by atoms with Crippen LogP contribution in [0.5, 0.6) is 0 Å². The third-order valence-electron chi connectivity index (χ3n) is 3.07. The Morgan fingerprint density at radius 3 is 2.47 bits per heavy atom. The minimum Gasteiger partial charge on any atom is -0.398 e. The highest BCUT2D eigenvalue weighted by atomic mass is 79.9. The number of rotatable bonds is 4. The van der Waals surface area contributed by atoms with Crippen molar-refractivity contribution in [1.82, 2.24) is 0 Å². The van der Waals surface area contributed by atoms with Crippen LogP contribution in [0.25, 0.3) is 0 Å². The quantitative estimate of drug-likeness (QED) is 0.678. The molecule has 0 aliphatic heterocycles. The van der Waals surface area contributed by atoms with Crippen LogP contribution >= 0.6 is 15.9 Å². The van der Waals surface area contributed by atoms with E-state index >= 15 is 0 Å². The highest BCUT2D eigenvalue weighted by Crippen LogP contribution is 2.22. The third kappa shape index (κ3) is 3.04. The van der Waals surface area contributed by atoms with Gasteiger partial charge in [-0.15, -0.1) is 0 Å². The summed E-state index contributed by atoms with van der Waals surface area (Å²) in [6.45, 7) is 2.10. The fraction of sp³-hybridized carbons (Fsp3) is 0.188. The molecule has 0 aliphatic rings. The molecule has 0 fully saturated rings. The molecular weight excluding hydrogens is 302 g/mol. The van der Waals surface area contributed by atoms with E-state index in [4.69, 9.17) is 5.73 Å². The second kappa shape index (κ2) is 6.02. The molecule has 2 aromatic rings. The number of aryl methyl sites for hydroxylation is 1. The van der Waals surface area contributed by atoms with Crippen LogP contribution in [0.3, 0.4) is 0 Å². The Labute approximate surface area is 121 Å². The second-order valence-electron chi connectivity index (χ2n) is 4.46. The third-order valence-corrected chi connectivity index (χ3v) is 3.60. The van der Waals surface area contributed by atoms with Crippen molar-refractivity contribution in [3.05, 3.63) is 63.6 Å². The maximum atomic E-state index is 12.4. The van der Waals surface area contributed by atoms with Crippen molar-refractivity contribution in [2.75, 3.05) is 5.73 Å². The summed E-state index contributed by atoms with van der Waals surface area (Å²) in [6.07, 6.45) is 1.91. The van der Waals surface area contributed by atoms with E-state index < -0.39 is 0 Å². The number of hydrogen-bond donors (Lipinski definition) is 1. The summed E-state index contributed by atoms with van der Waals surface area (Å²) in [5.74, 6) is -0.0250. The highest BCUT2D eigenvalue weighted by Gasteiger charge is 2.14. The first-order valence-corrected chi connectivity index (χ1v) is 7.10. The molecule has 2 N–H and O–H groups in total. The van der Waals surface area contributed by atoms with Gasteiger partial charge in [-0.1, -0.05) is 41.4 Å². The van der Waals surface area contributed by atoms with E-state index in [-0.39, 0.29) is 5.78 Å². The molecule has 0 saturated heterocycles. The van der Waals surface area contributed by atoms with Gasteiger partial charge in [-0.3, -0.25) is 4.79 Å². The molecule has 98 valence electrons. The van der Waals surface area contributed by atoms with E-state index in [0.29, 0.717) is 16.8 Å². The molecule has 0 atom stereocenters. The lowest BCUT2D eigenvalue weighted by atomic mass is 9.97. The van der Waals surface area contributed by atoms with E-state index in [9.17, 15) is 4.79 Å². The first kappa shape index (κ1) is 13.8. The van der Waals surface area contributed by atoms with Gasteiger partial charge in [0.2, 0.25) is 0 Å². The van der Waals surface area contributed by atoms with Gasteiger partial charge in [-0.25, -0.2) is 0 Å². The zero-order valence-electron chi connectivity index (χ0n) is 10.8. The normalized spacial score (nSPS) is 10.4. The lowest BCUT2D eigenvalue weighted by molar-refractivity contribution is 0.103. The smallest absolute Gasteiger partial charge is 0.195 e. The second-order valence-corrected chi connectivity index (χ2v) is 5.38. The van der Waals surface area contributed by atoms with E-state index in [1.807, 2.05) is 24.3 Å². The van der Waals surface area contributed by atoms with E-state index in [1.165, 1.54) is 0 Å². The topological polar surface area (TPSA) is 43.1 Å². The van der Waals surface area contributed by atoms with Crippen LogP contribution in [-0.4, -0.2) is 5.78 Å². The predicted molar refractivity (Wildman–Crippen MR) is 82.4 cm³/mol. The van der Waals surface area contributed by atoms with Crippen molar-refractivity contribution in [2.24, 2.45) is 0 Å². The summed E-state index contributed by atoms with van der Waals surface area (Å²) in [7, 11) is 0. The SMILES string of the molecule is CCCc1cccc(C(=O)c2ccc(Br)cc2)c1N. The first-order chi connectivity index (χ1) is 9.13. The number of halogens is 1. The van der Waals surface area contributed by atoms with Crippen LogP contribution in [0, 0.1) is 0 Å². The van der Waals surface area contributed by atoms with Gasteiger partial charge >= 0.3 is 0 Å². The van der Waals surface area contributed by atoms with Crippen LogP contribution in [0.4, 0.5) is 5.69 Å². The lowest BCUT2D eigenvalue weighted by Gasteiger charge is -2.09. The number of hydrogen-bond acceptors (Lipinski definition) is 2. The van der Waals surface area contributed by atoms with Crippen molar-refractivity contribution in [2.45, 2.75) is 19.8 Å². The average molecular weight is 318 g/mol. The Hall–Kier alpha value is -1.61. The molecule has 0 aromatic heterocycles. The minimum atomic E-state index is -0.0250. The maximum Gasteiger partial charge on any atom is 0.195 e. The van der Waals surface area contributed by atoms with E-state index in [1.54, 1.807) is 18.2 Å². The van der Waals surface area contributed by atoms with Crippen LogP contribution < -0.4 is 5.73 Å². The summed E-state index contributed by atoms with van der Waals surface area (Å²) in [6, 6.07) is 13.0. The number of carbonyl (C=O) groups excluding carboxylic acids is 1. The molecule has 2 rings (SSSR count). The van der Waals surface area contributed by atoms with Gasteiger partial charge < -0.3 is 5.73 Å². The molecular formula is C16H16BrNO. The number of ketones is 1. The summed E-state index contributed by atoms with van der Waals surface area (Å²) >= 11 is 3.36. The average Bonchev–Trinajstić information content (AvgIpc) is 2.41. The monoisotopic (exact) mass is 317 g/mol. The number of carbonyl (C=O) groups is 1. The van der Waals surface area contributed by atoms with Gasteiger partial charge in [0.05, 0.1) is 0 Å². The number of nitrogen functional groups attached to an aromatic ring is 1. The molecule has 0 amide bonds.